The average Bonchev–Trinajstić information content (AvgIpc) is 2.78. The van der Waals surface area contributed by atoms with Crippen LogP contribution in [-0.4, -0.2) is 34.9 Å². The zero-order chi connectivity index (χ0) is 24.7. The predicted molar refractivity (Wildman–Crippen MR) is 132 cm³/mol. The maximum atomic E-state index is 11.8. The number of ether oxygens (including phenoxy) is 3. The van der Waals surface area contributed by atoms with E-state index in [4.69, 9.17) is 14.2 Å². The third kappa shape index (κ3) is 6.81. The minimum absolute atomic E-state index is 0.338. The summed E-state index contributed by atoms with van der Waals surface area (Å²) in [4.78, 5) is 16.4. The minimum Gasteiger partial charge on any atom is -0.489 e. The number of aromatic nitrogens is 1. The van der Waals surface area contributed by atoms with Crippen LogP contribution >= 0.6 is 0 Å². The van der Waals surface area contributed by atoms with E-state index in [2.05, 4.69) is 18.0 Å². The lowest BCUT2D eigenvalue weighted by Gasteiger charge is -2.17. The number of pyridine rings is 1. The van der Waals surface area contributed by atoms with Gasteiger partial charge >= 0.3 is 5.97 Å². The number of rotatable bonds is 10. The maximum absolute atomic E-state index is 11.8. The fourth-order valence-corrected chi connectivity index (χ4v) is 3.50. The van der Waals surface area contributed by atoms with E-state index in [1.54, 1.807) is 45.0 Å². The highest BCUT2D eigenvalue weighted by molar-refractivity contribution is 5.89. The highest BCUT2D eigenvalue weighted by Crippen LogP contribution is 2.30. The Morgan fingerprint density at radius 3 is 2.35 bits per heavy atom. The second kappa shape index (κ2) is 11.2. The molecule has 0 aliphatic carbocycles. The van der Waals surface area contributed by atoms with Crippen LogP contribution in [0.25, 0.3) is 11.1 Å². The van der Waals surface area contributed by atoms with Gasteiger partial charge in [-0.2, -0.15) is 0 Å². The Bertz CT molecular complexity index is 1120. The van der Waals surface area contributed by atoms with Gasteiger partial charge in [-0.3, -0.25) is 0 Å². The minimum atomic E-state index is -0.766. The molecular formula is C28H33NO5. The molecule has 6 heteroatoms. The number of hydrogen-bond acceptors (Lipinski definition) is 6. The number of hydrogen-bond donors (Lipinski definition) is 1. The molecule has 180 valence electrons. The first kappa shape index (κ1) is 25.2. The molecule has 0 unspecified atom stereocenters. The Hall–Kier alpha value is -3.38. The normalized spacial score (nSPS) is 11.2. The zero-order valence-corrected chi connectivity index (χ0v) is 20.6. The largest absolute Gasteiger partial charge is 0.489 e. The molecule has 0 saturated heterocycles. The number of esters is 1. The highest BCUT2D eigenvalue weighted by Gasteiger charge is 2.14. The molecule has 0 radical (unpaired) electrons. The SMILES string of the molecule is CCOC(=O)c1ccc(OCc2cccc(-c3ccc(OCCC(C)(C)O)nc3C)c2C)cc1. The van der Waals surface area contributed by atoms with Crippen LogP contribution in [0.1, 0.15) is 54.4 Å². The molecule has 0 bridgehead atoms. The van der Waals surface area contributed by atoms with Crippen molar-refractivity contribution in [2.75, 3.05) is 13.2 Å². The average molecular weight is 464 g/mol. The predicted octanol–water partition coefficient (Wildman–Crippen LogP) is 5.66. The van der Waals surface area contributed by atoms with Crippen molar-refractivity contribution >= 4 is 5.97 Å². The van der Waals surface area contributed by atoms with Crippen molar-refractivity contribution in [3.8, 4) is 22.8 Å². The number of carbonyl (C=O) groups excluding carboxylic acids is 1. The van der Waals surface area contributed by atoms with Gasteiger partial charge in [0.2, 0.25) is 5.88 Å². The molecule has 3 aromatic rings. The van der Waals surface area contributed by atoms with Gasteiger partial charge in [-0.05, 0) is 81.6 Å². The fourth-order valence-electron chi connectivity index (χ4n) is 3.50. The summed E-state index contributed by atoms with van der Waals surface area (Å²) in [6.07, 6.45) is 0.530. The summed E-state index contributed by atoms with van der Waals surface area (Å²) in [6.45, 7) is 10.5. The molecule has 0 saturated carbocycles. The van der Waals surface area contributed by atoms with Crippen LogP contribution in [-0.2, 0) is 11.3 Å². The van der Waals surface area contributed by atoms with Gasteiger partial charge in [-0.1, -0.05) is 18.2 Å². The van der Waals surface area contributed by atoms with Gasteiger partial charge in [0.25, 0.3) is 0 Å². The number of benzene rings is 2. The second-order valence-electron chi connectivity index (χ2n) is 8.82. The van der Waals surface area contributed by atoms with Crippen LogP contribution in [0.2, 0.25) is 0 Å². The van der Waals surface area contributed by atoms with E-state index in [1.165, 1.54) is 0 Å². The van der Waals surface area contributed by atoms with Gasteiger partial charge in [0.05, 0.1) is 24.4 Å². The fraction of sp³-hybridized carbons (Fsp3) is 0.357. The molecule has 0 amide bonds. The summed E-state index contributed by atoms with van der Waals surface area (Å²) < 4.78 is 16.7. The summed E-state index contributed by atoms with van der Waals surface area (Å²) in [5.41, 5.74) is 4.92. The molecule has 1 N–H and O–H groups in total. The Balaban J connectivity index is 1.69. The Labute approximate surface area is 201 Å². The molecule has 0 spiro atoms. The van der Waals surface area contributed by atoms with Crippen LogP contribution in [0, 0.1) is 13.8 Å². The summed E-state index contributed by atoms with van der Waals surface area (Å²) in [5, 5.41) is 9.84. The maximum Gasteiger partial charge on any atom is 0.338 e. The second-order valence-corrected chi connectivity index (χ2v) is 8.82. The number of carbonyl (C=O) groups is 1. The van der Waals surface area contributed by atoms with Crippen molar-refractivity contribution < 1.29 is 24.1 Å². The third-order valence-corrected chi connectivity index (χ3v) is 5.52. The van der Waals surface area contributed by atoms with Gasteiger partial charge < -0.3 is 19.3 Å². The molecule has 1 heterocycles. The highest BCUT2D eigenvalue weighted by atomic mass is 16.5. The zero-order valence-electron chi connectivity index (χ0n) is 20.6. The number of aryl methyl sites for hydroxylation is 1. The van der Waals surface area contributed by atoms with E-state index in [0.717, 1.165) is 27.9 Å². The monoisotopic (exact) mass is 463 g/mol. The first-order valence-corrected chi connectivity index (χ1v) is 11.5. The third-order valence-electron chi connectivity index (χ3n) is 5.52. The van der Waals surface area contributed by atoms with Crippen molar-refractivity contribution in [2.45, 2.75) is 53.2 Å². The number of nitrogens with zero attached hydrogens (tertiary/aromatic N) is 1. The molecule has 34 heavy (non-hydrogen) atoms. The van der Waals surface area contributed by atoms with Gasteiger partial charge in [0, 0.05) is 23.7 Å². The standard InChI is InChI=1S/C28H33NO5/c1-6-32-27(30)21-10-12-23(13-11-21)34-18-22-8-7-9-24(19(22)2)25-14-15-26(29-20(25)3)33-17-16-28(4,5)31/h7-15,31H,6,16-18H2,1-5H3. The topological polar surface area (TPSA) is 77.9 Å². The van der Waals surface area contributed by atoms with Gasteiger partial charge in [0.15, 0.2) is 0 Å². The molecule has 0 aliphatic rings. The number of aliphatic hydroxyl groups is 1. The van der Waals surface area contributed by atoms with Crippen molar-refractivity contribution in [3.63, 3.8) is 0 Å². The lowest BCUT2D eigenvalue weighted by Crippen LogP contribution is -2.22. The molecule has 0 atom stereocenters. The quantitative estimate of drug-likeness (QED) is 0.391. The first-order valence-electron chi connectivity index (χ1n) is 11.5. The molecule has 3 rings (SSSR count). The summed E-state index contributed by atoms with van der Waals surface area (Å²) >= 11 is 0. The van der Waals surface area contributed by atoms with E-state index in [9.17, 15) is 9.90 Å². The molecule has 0 fully saturated rings. The van der Waals surface area contributed by atoms with Gasteiger partial charge in [-0.25, -0.2) is 9.78 Å². The van der Waals surface area contributed by atoms with E-state index in [-0.39, 0.29) is 5.97 Å². The van der Waals surface area contributed by atoms with E-state index < -0.39 is 5.60 Å². The molecule has 0 aliphatic heterocycles. The lowest BCUT2D eigenvalue weighted by molar-refractivity contribution is 0.0523. The van der Waals surface area contributed by atoms with Crippen LogP contribution < -0.4 is 9.47 Å². The van der Waals surface area contributed by atoms with E-state index in [1.807, 2.05) is 31.2 Å². The van der Waals surface area contributed by atoms with Crippen LogP contribution in [0.4, 0.5) is 0 Å². The van der Waals surface area contributed by atoms with Gasteiger partial charge in [0.1, 0.15) is 12.4 Å². The molecule has 1 aromatic heterocycles. The molecule has 2 aromatic carbocycles. The van der Waals surface area contributed by atoms with Crippen molar-refractivity contribution in [1.82, 2.24) is 4.98 Å². The van der Waals surface area contributed by atoms with Crippen molar-refractivity contribution in [1.29, 1.82) is 0 Å². The summed E-state index contributed by atoms with van der Waals surface area (Å²) in [6, 6.07) is 17.0. The summed E-state index contributed by atoms with van der Waals surface area (Å²) in [7, 11) is 0. The van der Waals surface area contributed by atoms with Crippen LogP contribution in [0.5, 0.6) is 11.6 Å². The Kier molecular flexibility index (Phi) is 8.29. The Morgan fingerprint density at radius 2 is 1.71 bits per heavy atom. The van der Waals surface area contributed by atoms with E-state index >= 15 is 0 Å². The molecule has 6 nitrogen and oxygen atoms in total. The lowest BCUT2D eigenvalue weighted by atomic mass is 9.96. The summed E-state index contributed by atoms with van der Waals surface area (Å²) in [5.74, 6) is 0.896. The smallest absolute Gasteiger partial charge is 0.338 e. The van der Waals surface area contributed by atoms with Crippen molar-refractivity contribution in [3.05, 3.63) is 77.0 Å². The van der Waals surface area contributed by atoms with Crippen molar-refractivity contribution in [2.24, 2.45) is 0 Å². The van der Waals surface area contributed by atoms with E-state index in [0.29, 0.717) is 43.4 Å². The molecular weight excluding hydrogens is 430 g/mol. The first-order chi connectivity index (χ1) is 16.2. The van der Waals surface area contributed by atoms with Crippen LogP contribution in [0.3, 0.4) is 0 Å². The van der Waals surface area contributed by atoms with Crippen LogP contribution in [0.15, 0.2) is 54.6 Å². The van der Waals surface area contributed by atoms with Gasteiger partial charge in [-0.15, -0.1) is 0 Å². The Morgan fingerprint density at radius 1 is 0.971 bits per heavy atom.